The Morgan fingerprint density at radius 3 is 2.83 bits per heavy atom. The number of aromatic nitrogens is 1. The van der Waals surface area contributed by atoms with Crippen molar-refractivity contribution in [3.8, 4) is 0 Å². The second kappa shape index (κ2) is 5.77. The predicted molar refractivity (Wildman–Crippen MR) is 90.9 cm³/mol. The van der Waals surface area contributed by atoms with Crippen LogP contribution < -0.4 is 0 Å². The zero-order valence-electron chi connectivity index (χ0n) is 14.0. The van der Waals surface area contributed by atoms with E-state index < -0.39 is 0 Å². The summed E-state index contributed by atoms with van der Waals surface area (Å²) in [5, 5.41) is 0. The highest BCUT2D eigenvalue weighted by molar-refractivity contribution is 5.92. The monoisotopic (exact) mass is 310 g/mol. The molecule has 1 aromatic rings. The molecule has 3 atom stereocenters. The maximum absolute atomic E-state index is 12.4. The molecule has 2 fully saturated rings. The molecule has 1 aliphatic carbocycles. The number of carbonyl (C=O) groups excluding carboxylic acids is 1. The Labute approximate surface area is 138 Å². The summed E-state index contributed by atoms with van der Waals surface area (Å²) in [6.45, 7) is 2.15. The van der Waals surface area contributed by atoms with Gasteiger partial charge in [-0.2, -0.15) is 0 Å². The van der Waals surface area contributed by atoms with E-state index in [1.165, 1.54) is 43.4 Å². The van der Waals surface area contributed by atoms with Crippen molar-refractivity contribution in [2.45, 2.75) is 69.9 Å². The van der Waals surface area contributed by atoms with Crippen molar-refractivity contribution < 1.29 is 4.79 Å². The molecule has 0 spiro atoms. The predicted octanol–water partition coefficient (Wildman–Crippen LogP) is 3.89. The van der Waals surface area contributed by atoms with Crippen LogP contribution in [0.5, 0.6) is 0 Å². The van der Waals surface area contributed by atoms with Gasteiger partial charge in [-0.1, -0.05) is 12.8 Å². The fourth-order valence-electron chi connectivity index (χ4n) is 5.39. The third kappa shape index (κ3) is 2.60. The van der Waals surface area contributed by atoms with E-state index in [1.54, 1.807) is 0 Å². The molecular weight excluding hydrogens is 284 g/mol. The van der Waals surface area contributed by atoms with Crippen LogP contribution in [0.15, 0.2) is 36.3 Å². The van der Waals surface area contributed by atoms with Gasteiger partial charge in [0, 0.05) is 36.6 Å². The average Bonchev–Trinajstić information content (AvgIpc) is 2.54. The van der Waals surface area contributed by atoms with E-state index in [2.05, 4.69) is 28.9 Å². The van der Waals surface area contributed by atoms with Crippen LogP contribution in [0, 0.1) is 5.92 Å². The minimum absolute atomic E-state index is 0.00419. The highest BCUT2D eigenvalue weighted by atomic mass is 16.1. The molecule has 1 aromatic heterocycles. The second-order valence-electron chi connectivity index (χ2n) is 7.71. The largest absolute Gasteiger partial charge is 0.365 e. The van der Waals surface area contributed by atoms with Crippen molar-refractivity contribution in [1.29, 1.82) is 0 Å². The summed E-state index contributed by atoms with van der Waals surface area (Å²) in [7, 11) is 0. The maximum atomic E-state index is 12.4. The molecule has 1 saturated heterocycles. The molecule has 4 rings (SSSR count). The molecule has 2 aliphatic heterocycles. The normalized spacial score (nSPS) is 33.7. The summed E-state index contributed by atoms with van der Waals surface area (Å²) in [5.74, 6) is 1.13. The van der Waals surface area contributed by atoms with Crippen LogP contribution in [-0.2, 0) is 11.2 Å². The average molecular weight is 310 g/mol. The SMILES string of the molecule is CC1=CC(=O)CC2(Cc3ccncc3)CCC3CCCCC3N12. The molecule has 0 bridgehead atoms. The lowest BCUT2D eigenvalue weighted by molar-refractivity contribution is -0.122. The Morgan fingerprint density at radius 1 is 1.22 bits per heavy atom. The van der Waals surface area contributed by atoms with Crippen LogP contribution in [-0.4, -0.2) is 27.2 Å². The van der Waals surface area contributed by atoms with Gasteiger partial charge in [-0.25, -0.2) is 0 Å². The summed E-state index contributed by atoms with van der Waals surface area (Å²) in [5.41, 5.74) is 2.50. The van der Waals surface area contributed by atoms with Crippen molar-refractivity contribution in [2.24, 2.45) is 5.92 Å². The van der Waals surface area contributed by atoms with Crippen molar-refractivity contribution >= 4 is 5.78 Å². The number of rotatable bonds is 2. The number of hydrogen-bond donors (Lipinski definition) is 0. The fourth-order valence-corrected chi connectivity index (χ4v) is 5.39. The highest BCUT2D eigenvalue weighted by Gasteiger charge is 2.50. The standard InChI is InChI=1S/C20H26N2O/c1-15-12-18(23)14-20(13-16-7-10-21-11-8-16)9-6-17-4-2-3-5-19(17)22(15)20/h7-8,10-12,17,19H,2-6,9,13-14H2,1H3. The Hall–Kier alpha value is -1.64. The molecule has 1 saturated carbocycles. The molecule has 3 heterocycles. The van der Waals surface area contributed by atoms with Crippen molar-refractivity contribution in [2.75, 3.05) is 0 Å². The van der Waals surface area contributed by atoms with Crippen LogP contribution in [0.3, 0.4) is 0 Å². The minimum Gasteiger partial charge on any atom is -0.365 e. The minimum atomic E-state index is -0.00419. The van der Waals surface area contributed by atoms with Gasteiger partial charge in [-0.3, -0.25) is 9.78 Å². The highest BCUT2D eigenvalue weighted by Crippen LogP contribution is 2.48. The molecule has 3 nitrogen and oxygen atoms in total. The van der Waals surface area contributed by atoms with E-state index in [-0.39, 0.29) is 5.54 Å². The van der Waals surface area contributed by atoms with Crippen molar-refractivity contribution in [3.05, 3.63) is 41.9 Å². The zero-order chi connectivity index (χ0) is 15.9. The third-order valence-electron chi connectivity index (χ3n) is 6.23. The Morgan fingerprint density at radius 2 is 2.00 bits per heavy atom. The summed E-state index contributed by atoms with van der Waals surface area (Å²) in [6.07, 6.45) is 15.1. The molecule has 0 aromatic carbocycles. The van der Waals surface area contributed by atoms with Crippen LogP contribution in [0.2, 0.25) is 0 Å². The van der Waals surface area contributed by atoms with Crippen LogP contribution in [0.1, 0.15) is 57.4 Å². The first kappa shape index (κ1) is 14.9. The Bertz CT molecular complexity index is 624. The van der Waals surface area contributed by atoms with Gasteiger partial charge in [0.2, 0.25) is 0 Å². The van der Waals surface area contributed by atoms with E-state index in [1.807, 2.05) is 18.5 Å². The van der Waals surface area contributed by atoms with E-state index in [4.69, 9.17) is 0 Å². The second-order valence-corrected chi connectivity index (χ2v) is 7.71. The molecule has 0 radical (unpaired) electrons. The van der Waals surface area contributed by atoms with E-state index in [9.17, 15) is 4.79 Å². The lowest BCUT2D eigenvalue weighted by Gasteiger charge is -2.58. The van der Waals surface area contributed by atoms with Gasteiger partial charge in [-0.05, 0) is 62.6 Å². The number of fused-ring (bicyclic) bond motifs is 3. The summed E-state index contributed by atoms with van der Waals surface area (Å²) in [4.78, 5) is 19.2. The zero-order valence-corrected chi connectivity index (χ0v) is 14.0. The van der Waals surface area contributed by atoms with Gasteiger partial charge >= 0.3 is 0 Å². The number of ketones is 1. The molecule has 122 valence electrons. The molecule has 23 heavy (non-hydrogen) atoms. The first-order chi connectivity index (χ1) is 11.2. The Kier molecular flexibility index (Phi) is 3.74. The quantitative estimate of drug-likeness (QED) is 0.831. The number of pyridine rings is 1. The summed E-state index contributed by atoms with van der Waals surface area (Å²) >= 11 is 0. The molecule has 0 N–H and O–H groups in total. The summed E-state index contributed by atoms with van der Waals surface area (Å²) in [6, 6.07) is 4.86. The number of nitrogens with zero attached hydrogens (tertiary/aromatic N) is 2. The van der Waals surface area contributed by atoms with E-state index >= 15 is 0 Å². The topological polar surface area (TPSA) is 33.2 Å². The number of allylic oxidation sites excluding steroid dienone is 2. The first-order valence-corrected chi connectivity index (χ1v) is 9.07. The number of hydrogen-bond acceptors (Lipinski definition) is 3. The van der Waals surface area contributed by atoms with E-state index in [0.29, 0.717) is 18.2 Å². The van der Waals surface area contributed by atoms with Crippen molar-refractivity contribution in [1.82, 2.24) is 9.88 Å². The van der Waals surface area contributed by atoms with Gasteiger partial charge in [0.05, 0.1) is 5.54 Å². The van der Waals surface area contributed by atoms with Gasteiger partial charge < -0.3 is 4.90 Å². The first-order valence-electron chi connectivity index (χ1n) is 9.07. The smallest absolute Gasteiger partial charge is 0.159 e. The van der Waals surface area contributed by atoms with Crippen molar-refractivity contribution in [3.63, 3.8) is 0 Å². The maximum Gasteiger partial charge on any atom is 0.159 e. The molecule has 3 aliphatic rings. The molecule has 3 heteroatoms. The lowest BCUT2D eigenvalue weighted by atomic mass is 9.67. The molecule has 0 amide bonds. The third-order valence-corrected chi connectivity index (χ3v) is 6.23. The molecule has 3 unspecified atom stereocenters. The Balaban J connectivity index is 1.72. The van der Waals surface area contributed by atoms with Gasteiger partial charge in [0.25, 0.3) is 0 Å². The summed E-state index contributed by atoms with van der Waals surface area (Å²) < 4.78 is 0. The van der Waals surface area contributed by atoms with Gasteiger partial charge in [0.15, 0.2) is 5.78 Å². The van der Waals surface area contributed by atoms with Crippen LogP contribution in [0.4, 0.5) is 0 Å². The van der Waals surface area contributed by atoms with E-state index in [0.717, 1.165) is 18.8 Å². The molecular formula is C20H26N2O. The van der Waals surface area contributed by atoms with Crippen LogP contribution in [0.25, 0.3) is 0 Å². The van der Waals surface area contributed by atoms with Crippen LogP contribution >= 0.6 is 0 Å². The van der Waals surface area contributed by atoms with Gasteiger partial charge in [0.1, 0.15) is 0 Å². The lowest BCUT2D eigenvalue weighted by Crippen LogP contribution is -2.62. The number of carbonyl (C=O) groups is 1. The van der Waals surface area contributed by atoms with Gasteiger partial charge in [-0.15, -0.1) is 0 Å². The number of piperidine rings is 1. The fraction of sp³-hybridized carbons (Fsp3) is 0.600.